The minimum atomic E-state index is -0.228. The van der Waals surface area contributed by atoms with Gasteiger partial charge in [0, 0.05) is 0 Å². The molecule has 1 atom stereocenters. The minimum absolute atomic E-state index is 0.228. The highest BCUT2D eigenvalue weighted by Crippen LogP contribution is 2.28. The summed E-state index contributed by atoms with van der Waals surface area (Å²) in [6.07, 6.45) is 2.89. The van der Waals surface area contributed by atoms with Crippen LogP contribution in [0.2, 0.25) is 0 Å². The Bertz CT molecular complexity index is 255. The zero-order valence-corrected chi connectivity index (χ0v) is 6.38. The lowest BCUT2D eigenvalue weighted by Crippen LogP contribution is -2.08. The Morgan fingerprint density at radius 1 is 1.55 bits per heavy atom. The third kappa shape index (κ3) is 1.16. The van der Waals surface area contributed by atoms with Crippen LogP contribution in [0.25, 0.3) is 0 Å². The zero-order valence-electron chi connectivity index (χ0n) is 6.38. The van der Waals surface area contributed by atoms with Crippen molar-refractivity contribution in [2.24, 2.45) is 0 Å². The van der Waals surface area contributed by atoms with Gasteiger partial charge in [-0.3, -0.25) is 0 Å². The Hall–Kier alpha value is -0.820. The summed E-state index contributed by atoms with van der Waals surface area (Å²) in [6.45, 7) is 0. The molecule has 1 N–H and O–H groups in total. The SMILES string of the molecule is OC1CCCc2c[c]ccc21. The molecule has 1 radical (unpaired) electrons. The number of hydrogen-bond donors (Lipinski definition) is 1. The Balaban J connectivity index is 2.44. The third-order valence-electron chi connectivity index (χ3n) is 2.27. The van der Waals surface area contributed by atoms with E-state index in [9.17, 15) is 5.11 Å². The lowest BCUT2D eigenvalue weighted by molar-refractivity contribution is 0.156. The first-order chi connectivity index (χ1) is 5.38. The predicted octanol–water partition coefficient (Wildman–Crippen LogP) is 1.86. The summed E-state index contributed by atoms with van der Waals surface area (Å²) in [5, 5.41) is 9.55. The normalized spacial score (nSPS) is 22.8. The number of rotatable bonds is 0. The van der Waals surface area contributed by atoms with Crippen LogP contribution in [0, 0.1) is 6.07 Å². The van der Waals surface area contributed by atoms with Gasteiger partial charge in [-0.05, 0) is 36.5 Å². The van der Waals surface area contributed by atoms with Crippen molar-refractivity contribution >= 4 is 0 Å². The Morgan fingerprint density at radius 3 is 3.27 bits per heavy atom. The molecule has 0 aromatic heterocycles. The molecule has 0 bridgehead atoms. The Labute approximate surface area is 66.7 Å². The van der Waals surface area contributed by atoms with E-state index in [0.717, 1.165) is 24.8 Å². The summed E-state index contributed by atoms with van der Waals surface area (Å²) in [4.78, 5) is 0. The first-order valence-corrected chi connectivity index (χ1v) is 4.05. The van der Waals surface area contributed by atoms with Gasteiger partial charge in [-0.15, -0.1) is 0 Å². The highest BCUT2D eigenvalue weighted by atomic mass is 16.3. The van der Waals surface area contributed by atoms with Crippen LogP contribution in [0.3, 0.4) is 0 Å². The number of aliphatic hydroxyl groups excluding tert-OH is 1. The summed E-state index contributed by atoms with van der Waals surface area (Å²) >= 11 is 0. The standard InChI is InChI=1S/C10H11O/c11-10-7-3-5-8-4-1-2-6-9(8)10/h2,4,6,10-11H,3,5,7H2. The van der Waals surface area contributed by atoms with Crippen LogP contribution in [0.4, 0.5) is 0 Å². The van der Waals surface area contributed by atoms with Gasteiger partial charge in [0.1, 0.15) is 0 Å². The maximum Gasteiger partial charge on any atom is 0.0792 e. The molecule has 0 spiro atoms. The molecule has 57 valence electrons. The van der Waals surface area contributed by atoms with Crippen LogP contribution in [-0.4, -0.2) is 5.11 Å². The van der Waals surface area contributed by atoms with Crippen molar-refractivity contribution in [3.05, 3.63) is 35.4 Å². The number of aryl methyl sites for hydroxylation is 1. The van der Waals surface area contributed by atoms with Crippen molar-refractivity contribution in [1.29, 1.82) is 0 Å². The molecule has 1 aromatic carbocycles. The van der Waals surface area contributed by atoms with Crippen molar-refractivity contribution in [3.8, 4) is 0 Å². The van der Waals surface area contributed by atoms with Gasteiger partial charge in [0.2, 0.25) is 0 Å². The van der Waals surface area contributed by atoms with E-state index in [-0.39, 0.29) is 6.10 Å². The van der Waals surface area contributed by atoms with Gasteiger partial charge in [0.25, 0.3) is 0 Å². The molecule has 0 fully saturated rings. The molecule has 0 amide bonds. The molecule has 2 rings (SSSR count). The van der Waals surface area contributed by atoms with Crippen LogP contribution in [-0.2, 0) is 6.42 Å². The predicted molar refractivity (Wildman–Crippen MR) is 43.2 cm³/mol. The van der Waals surface area contributed by atoms with Crippen LogP contribution in [0.1, 0.15) is 30.1 Å². The van der Waals surface area contributed by atoms with E-state index in [4.69, 9.17) is 0 Å². The van der Waals surface area contributed by atoms with E-state index in [2.05, 4.69) is 6.07 Å². The molecule has 1 heteroatoms. The van der Waals surface area contributed by atoms with Crippen molar-refractivity contribution in [2.45, 2.75) is 25.4 Å². The van der Waals surface area contributed by atoms with Gasteiger partial charge in [-0.2, -0.15) is 0 Å². The quantitative estimate of drug-likeness (QED) is 0.593. The lowest BCUT2D eigenvalue weighted by Gasteiger charge is -2.20. The highest BCUT2D eigenvalue weighted by molar-refractivity contribution is 5.30. The largest absolute Gasteiger partial charge is 0.388 e. The van der Waals surface area contributed by atoms with Gasteiger partial charge in [-0.25, -0.2) is 0 Å². The number of benzene rings is 1. The molecule has 0 aliphatic heterocycles. The second-order valence-corrected chi connectivity index (χ2v) is 3.03. The molecular weight excluding hydrogens is 136 g/mol. The summed E-state index contributed by atoms with van der Waals surface area (Å²) in [5.41, 5.74) is 2.38. The van der Waals surface area contributed by atoms with E-state index < -0.39 is 0 Å². The fraction of sp³-hybridized carbons (Fsp3) is 0.400. The molecule has 1 nitrogen and oxygen atoms in total. The average Bonchev–Trinajstić information content (AvgIpc) is 2.06. The van der Waals surface area contributed by atoms with Crippen molar-refractivity contribution in [1.82, 2.24) is 0 Å². The van der Waals surface area contributed by atoms with E-state index in [1.165, 1.54) is 5.56 Å². The van der Waals surface area contributed by atoms with E-state index in [1.807, 2.05) is 18.2 Å². The first-order valence-electron chi connectivity index (χ1n) is 4.05. The fourth-order valence-corrected chi connectivity index (χ4v) is 1.66. The van der Waals surface area contributed by atoms with E-state index >= 15 is 0 Å². The van der Waals surface area contributed by atoms with Gasteiger partial charge in [0.15, 0.2) is 0 Å². The van der Waals surface area contributed by atoms with Crippen molar-refractivity contribution in [2.75, 3.05) is 0 Å². The first kappa shape index (κ1) is 6.86. The zero-order chi connectivity index (χ0) is 7.68. The van der Waals surface area contributed by atoms with Crippen LogP contribution in [0.5, 0.6) is 0 Å². The van der Waals surface area contributed by atoms with Crippen molar-refractivity contribution < 1.29 is 5.11 Å². The molecule has 1 aliphatic carbocycles. The second-order valence-electron chi connectivity index (χ2n) is 3.03. The molecule has 1 aliphatic rings. The van der Waals surface area contributed by atoms with Gasteiger partial charge < -0.3 is 5.11 Å². The van der Waals surface area contributed by atoms with Gasteiger partial charge in [0.05, 0.1) is 6.10 Å². The Morgan fingerprint density at radius 2 is 2.45 bits per heavy atom. The highest BCUT2D eigenvalue weighted by Gasteiger charge is 2.16. The van der Waals surface area contributed by atoms with Crippen LogP contribution >= 0.6 is 0 Å². The fourth-order valence-electron chi connectivity index (χ4n) is 1.66. The third-order valence-corrected chi connectivity index (χ3v) is 2.27. The summed E-state index contributed by atoms with van der Waals surface area (Å²) in [7, 11) is 0. The van der Waals surface area contributed by atoms with E-state index in [1.54, 1.807) is 0 Å². The second kappa shape index (κ2) is 2.67. The number of hydrogen-bond acceptors (Lipinski definition) is 1. The monoisotopic (exact) mass is 147 g/mol. The molecule has 0 heterocycles. The molecule has 1 unspecified atom stereocenters. The summed E-state index contributed by atoms with van der Waals surface area (Å²) < 4.78 is 0. The molecule has 0 saturated heterocycles. The summed E-state index contributed by atoms with van der Waals surface area (Å²) in [5.74, 6) is 0. The minimum Gasteiger partial charge on any atom is -0.388 e. The molecule has 11 heavy (non-hydrogen) atoms. The molecule has 1 aromatic rings. The van der Waals surface area contributed by atoms with Crippen LogP contribution in [0.15, 0.2) is 18.2 Å². The van der Waals surface area contributed by atoms with Crippen LogP contribution < -0.4 is 0 Å². The maximum atomic E-state index is 9.55. The van der Waals surface area contributed by atoms with Crippen molar-refractivity contribution in [3.63, 3.8) is 0 Å². The maximum absolute atomic E-state index is 9.55. The number of fused-ring (bicyclic) bond motifs is 1. The molecular formula is C10H11O. The topological polar surface area (TPSA) is 20.2 Å². The van der Waals surface area contributed by atoms with Gasteiger partial charge >= 0.3 is 0 Å². The van der Waals surface area contributed by atoms with E-state index in [0.29, 0.717) is 0 Å². The number of aliphatic hydroxyl groups is 1. The average molecular weight is 147 g/mol. The van der Waals surface area contributed by atoms with Gasteiger partial charge in [-0.1, -0.05) is 18.2 Å². The molecule has 0 saturated carbocycles. The Kier molecular flexibility index (Phi) is 1.66. The smallest absolute Gasteiger partial charge is 0.0792 e. The lowest BCUT2D eigenvalue weighted by atomic mass is 9.90. The summed E-state index contributed by atoms with van der Waals surface area (Å²) in [6, 6.07) is 8.85.